The van der Waals surface area contributed by atoms with Crippen LogP contribution in [0.5, 0.6) is 0 Å². The van der Waals surface area contributed by atoms with Crippen molar-refractivity contribution in [3.8, 4) is 0 Å². The number of nitrogens with one attached hydrogen (secondary N) is 1. The van der Waals surface area contributed by atoms with Gasteiger partial charge in [0, 0.05) is 17.7 Å². The van der Waals surface area contributed by atoms with E-state index >= 15 is 0 Å². The molecule has 1 aromatic carbocycles. The molecule has 0 aliphatic heterocycles. The van der Waals surface area contributed by atoms with Crippen LogP contribution in [0.4, 0.5) is 0 Å². The van der Waals surface area contributed by atoms with E-state index in [0.29, 0.717) is 23.0 Å². The minimum absolute atomic E-state index is 0.0950. The van der Waals surface area contributed by atoms with E-state index in [1.54, 1.807) is 10.8 Å². The zero-order valence-electron chi connectivity index (χ0n) is 17.4. The molecule has 0 radical (unpaired) electrons. The molecule has 0 aliphatic rings. The summed E-state index contributed by atoms with van der Waals surface area (Å²) in [5.74, 6) is -0.910. The standard InChI is InChI=1S/C22H28ClN3O3/c1-5-18(6-2)24-20(27)14-29-21(28)12-11-19-16(4)25-26(22(19)23)13-17-9-7-15(3)8-10-17/h7-12,18H,5-6,13-14H2,1-4H3,(H,24,27)/b12-11+. The smallest absolute Gasteiger partial charge is 0.331 e. The van der Waals surface area contributed by atoms with Gasteiger partial charge in [-0.3, -0.25) is 4.79 Å². The van der Waals surface area contributed by atoms with Crippen LogP contribution in [-0.4, -0.2) is 34.3 Å². The molecule has 156 valence electrons. The van der Waals surface area contributed by atoms with Crippen LogP contribution in [0.3, 0.4) is 0 Å². The highest BCUT2D eigenvalue weighted by atomic mass is 35.5. The number of esters is 1. The lowest BCUT2D eigenvalue weighted by molar-refractivity contribution is -0.144. The molecule has 6 nitrogen and oxygen atoms in total. The van der Waals surface area contributed by atoms with E-state index in [1.807, 2.05) is 52.0 Å². The Morgan fingerprint density at radius 2 is 1.86 bits per heavy atom. The molecule has 0 fully saturated rings. The number of rotatable bonds is 9. The van der Waals surface area contributed by atoms with Crippen molar-refractivity contribution in [1.29, 1.82) is 0 Å². The van der Waals surface area contributed by atoms with Crippen LogP contribution in [0.15, 0.2) is 30.3 Å². The van der Waals surface area contributed by atoms with Gasteiger partial charge in [0.1, 0.15) is 5.15 Å². The van der Waals surface area contributed by atoms with Crippen LogP contribution in [0, 0.1) is 13.8 Å². The summed E-state index contributed by atoms with van der Waals surface area (Å²) >= 11 is 6.44. The van der Waals surface area contributed by atoms with E-state index in [0.717, 1.165) is 18.4 Å². The molecule has 0 atom stereocenters. The van der Waals surface area contributed by atoms with Gasteiger partial charge in [0.15, 0.2) is 6.61 Å². The summed E-state index contributed by atoms with van der Waals surface area (Å²) in [6.07, 6.45) is 4.49. The van der Waals surface area contributed by atoms with Crippen molar-refractivity contribution in [2.24, 2.45) is 0 Å². The summed E-state index contributed by atoms with van der Waals surface area (Å²) in [7, 11) is 0. The lowest BCUT2D eigenvalue weighted by Gasteiger charge is -2.14. The van der Waals surface area contributed by atoms with Crippen LogP contribution in [0.1, 0.15) is 49.1 Å². The fourth-order valence-electron chi connectivity index (χ4n) is 2.83. The Balaban J connectivity index is 1.96. The molecular formula is C22H28ClN3O3. The molecule has 2 rings (SSSR count). The number of nitrogens with zero attached hydrogens (tertiary/aromatic N) is 2. The summed E-state index contributed by atoms with van der Waals surface area (Å²) in [5, 5.41) is 7.71. The van der Waals surface area contributed by atoms with Crippen molar-refractivity contribution < 1.29 is 14.3 Å². The van der Waals surface area contributed by atoms with Crippen molar-refractivity contribution in [1.82, 2.24) is 15.1 Å². The molecule has 0 saturated heterocycles. The predicted octanol–water partition coefficient (Wildman–Crippen LogP) is 4.06. The minimum Gasteiger partial charge on any atom is -0.452 e. The molecule has 1 aromatic heterocycles. The Kier molecular flexibility index (Phi) is 8.46. The number of aryl methyl sites for hydroxylation is 2. The number of hydrogen-bond acceptors (Lipinski definition) is 4. The van der Waals surface area contributed by atoms with Crippen LogP contribution < -0.4 is 5.32 Å². The third kappa shape index (κ3) is 6.75. The van der Waals surface area contributed by atoms with Crippen LogP contribution in [0.25, 0.3) is 6.08 Å². The molecule has 1 N–H and O–H groups in total. The molecule has 29 heavy (non-hydrogen) atoms. The van der Waals surface area contributed by atoms with Crippen molar-refractivity contribution >= 4 is 29.6 Å². The molecule has 0 aliphatic carbocycles. The van der Waals surface area contributed by atoms with Crippen LogP contribution in [0.2, 0.25) is 5.15 Å². The number of halogens is 1. The molecular weight excluding hydrogens is 390 g/mol. The largest absolute Gasteiger partial charge is 0.452 e. The first kappa shape index (κ1) is 22.7. The van der Waals surface area contributed by atoms with Gasteiger partial charge in [0.25, 0.3) is 5.91 Å². The number of carbonyl (C=O) groups excluding carboxylic acids is 2. The normalized spacial score (nSPS) is 11.2. The number of ether oxygens (including phenoxy) is 1. The van der Waals surface area contributed by atoms with E-state index in [1.165, 1.54) is 11.6 Å². The van der Waals surface area contributed by atoms with Gasteiger partial charge in [-0.1, -0.05) is 55.3 Å². The van der Waals surface area contributed by atoms with E-state index < -0.39 is 5.97 Å². The summed E-state index contributed by atoms with van der Waals surface area (Å²) in [6, 6.07) is 8.23. The first-order chi connectivity index (χ1) is 13.8. The molecule has 2 aromatic rings. The lowest BCUT2D eigenvalue weighted by atomic mass is 10.1. The number of aromatic nitrogens is 2. The quantitative estimate of drug-likeness (QED) is 0.493. The molecule has 0 saturated carbocycles. The highest BCUT2D eigenvalue weighted by Crippen LogP contribution is 2.22. The number of amides is 1. The topological polar surface area (TPSA) is 73.2 Å². The fourth-order valence-corrected chi connectivity index (χ4v) is 3.12. The van der Waals surface area contributed by atoms with Crippen molar-refractivity contribution in [3.63, 3.8) is 0 Å². The van der Waals surface area contributed by atoms with Gasteiger partial charge in [0.05, 0.1) is 12.2 Å². The lowest BCUT2D eigenvalue weighted by Crippen LogP contribution is -2.36. The van der Waals surface area contributed by atoms with E-state index in [-0.39, 0.29) is 18.6 Å². The SMILES string of the molecule is CCC(CC)NC(=O)COC(=O)/C=C/c1c(C)nn(Cc2ccc(C)cc2)c1Cl. The molecule has 1 heterocycles. The van der Waals surface area contributed by atoms with Crippen LogP contribution >= 0.6 is 11.6 Å². The van der Waals surface area contributed by atoms with E-state index in [9.17, 15) is 9.59 Å². The second-order valence-corrected chi connectivity index (χ2v) is 7.31. The Morgan fingerprint density at radius 1 is 1.21 bits per heavy atom. The third-order valence-corrected chi connectivity index (χ3v) is 5.04. The monoisotopic (exact) mass is 417 g/mol. The third-order valence-electron chi connectivity index (χ3n) is 4.64. The van der Waals surface area contributed by atoms with Gasteiger partial charge in [-0.2, -0.15) is 5.10 Å². The molecule has 0 spiro atoms. The van der Waals surface area contributed by atoms with Gasteiger partial charge >= 0.3 is 5.97 Å². The summed E-state index contributed by atoms with van der Waals surface area (Å²) in [4.78, 5) is 23.7. The Morgan fingerprint density at radius 3 is 2.48 bits per heavy atom. The highest BCUT2D eigenvalue weighted by Gasteiger charge is 2.13. The maximum atomic E-state index is 11.9. The average molecular weight is 418 g/mol. The summed E-state index contributed by atoms with van der Waals surface area (Å²) < 4.78 is 6.69. The van der Waals surface area contributed by atoms with E-state index in [2.05, 4.69) is 10.4 Å². The van der Waals surface area contributed by atoms with Gasteiger partial charge in [-0.25, -0.2) is 9.48 Å². The van der Waals surface area contributed by atoms with Crippen molar-refractivity contribution in [2.45, 2.75) is 53.1 Å². The average Bonchev–Trinajstić information content (AvgIpc) is 2.97. The first-order valence-electron chi connectivity index (χ1n) is 9.76. The first-order valence-corrected chi connectivity index (χ1v) is 10.1. The Labute approximate surface area is 176 Å². The van der Waals surface area contributed by atoms with E-state index in [4.69, 9.17) is 16.3 Å². The predicted molar refractivity (Wildman–Crippen MR) is 115 cm³/mol. The molecule has 1 amide bonds. The maximum absolute atomic E-state index is 11.9. The van der Waals surface area contributed by atoms with Gasteiger partial charge in [-0.05, 0) is 38.3 Å². The van der Waals surface area contributed by atoms with Crippen molar-refractivity contribution in [3.05, 3.63) is 57.9 Å². The zero-order chi connectivity index (χ0) is 21.4. The zero-order valence-corrected chi connectivity index (χ0v) is 18.1. The van der Waals surface area contributed by atoms with Crippen molar-refractivity contribution in [2.75, 3.05) is 6.61 Å². The molecule has 0 unspecified atom stereocenters. The molecule has 7 heteroatoms. The fraction of sp³-hybridized carbons (Fsp3) is 0.409. The number of hydrogen-bond donors (Lipinski definition) is 1. The Bertz CT molecular complexity index is 868. The second kappa shape index (κ2) is 10.8. The second-order valence-electron chi connectivity index (χ2n) is 6.96. The van der Waals surface area contributed by atoms with Gasteiger partial charge < -0.3 is 10.1 Å². The van der Waals surface area contributed by atoms with Gasteiger partial charge in [-0.15, -0.1) is 0 Å². The summed E-state index contributed by atoms with van der Waals surface area (Å²) in [5.41, 5.74) is 3.63. The minimum atomic E-state index is -0.605. The number of benzene rings is 1. The van der Waals surface area contributed by atoms with Crippen LogP contribution in [-0.2, 0) is 20.9 Å². The number of carbonyl (C=O) groups is 2. The summed E-state index contributed by atoms with van der Waals surface area (Å²) in [6.45, 7) is 8.08. The highest BCUT2D eigenvalue weighted by molar-refractivity contribution is 6.31. The molecule has 0 bridgehead atoms. The van der Waals surface area contributed by atoms with Gasteiger partial charge in [0.2, 0.25) is 0 Å². The maximum Gasteiger partial charge on any atom is 0.331 e. The Hall–Kier alpha value is -2.60.